The number of amides is 1. The van der Waals surface area contributed by atoms with Gasteiger partial charge in [-0.15, -0.1) is 0 Å². The van der Waals surface area contributed by atoms with Gasteiger partial charge >= 0.3 is 0 Å². The number of hydrogen-bond acceptors (Lipinski definition) is 4. The Hall–Kier alpha value is -2.53. The van der Waals surface area contributed by atoms with Crippen LogP contribution in [0.4, 0.5) is 5.69 Å². The Morgan fingerprint density at radius 1 is 1.21 bits per heavy atom. The van der Waals surface area contributed by atoms with Crippen molar-refractivity contribution in [3.8, 4) is 11.5 Å². The Bertz CT molecular complexity index is 919. The van der Waals surface area contributed by atoms with Crippen molar-refractivity contribution >= 4 is 11.6 Å². The first-order valence-corrected chi connectivity index (χ1v) is 10.1. The number of anilines is 1. The van der Waals surface area contributed by atoms with Crippen molar-refractivity contribution in [3.63, 3.8) is 0 Å². The maximum Gasteiger partial charge on any atom is 0.245 e. The number of fused-ring (bicyclic) bond motifs is 4. The van der Waals surface area contributed by atoms with Gasteiger partial charge in [-0.3, -0.25) is 4.79 Å². The minimum atomic E-state index is -0.777. The van der Waals surface area contributed by atoms with Crippen LogP contribution in [0.25, 0.3) is 0 Å². The van der Waals surface area contributed by atoms with Gasteiger partial charge in [0.05, 0.1) is 18.8 Å². The van der Waals surface area contributed by atoms with E-state index in [1.54, 1.807) is 0 Å². The molecule has 0 bridgehead atoms. The molecule has 5 rings (SSSR count). The SMILES string of the molecule is CC(C)Oc1ccc2c(c1)OCC21C(=O)N(C[C@H]2CCCO2)c2ccccc21. The van der Waals surface area contributed by atoms with E-state index in [2.05, 4.69) is 6.07 Å². The summed E-state index contributed by atoms with van der Waals surface area (Å²) in [6.07, 6.45) is 2.26. The number of ether oxygens (including phenoxy) is 3. The van der Waals surface area contributed by atoms with Crippen LogP contribution in [0, 0.1) is 0 Å². The molecule has 5 nitrogen and oxygen atoms in total. The molecular weight excluding hydrogens is 354 g/mol. The van der Waals surface area contributed by atoms with Crippen molar-refractivity contribution in [2.45, 2.75) is 44.3 Å². The van der Waals surface area contributed by atoms with Gasteiger partial charge < -0.3 is 19.1 Å². The van der Waals surface area contributed by atoms with Crippen LogP contribution < -0.4 is 14.4 Å². The van der Waals surface area contributed by atoms with Crippen LogP contribution in [0.15, 0.2) is 42.5 Å². The number of carbonyl (C=O) groups is 1. The molecule has 0 aromatic heterocycles. The van der Waals surface area contributed by atoms with E-state index < -0.39 is 5.41 Å². The number of hydrogen-bond donors (Lipinski definition) is 0. The van der Waals surface area contributed by atoms with Gasteiger partial charge in [0.2, 0.25) is 5.91 Å². The van der Waals surface area contributed by atoms with Crippen LogP contribution in [-0.2, 0) is 14.9 Å². The first kappa shape index (κ1) is 17.6. The van der Waals surface area contributed by atoms with Gasteiger partial charge in [0.1, 0.15) is 23.5 Å². The molecule has 0 saturated carbocycles. The molecule has 0 N–H and O–H groups in total. The Morgan fingerprint density at radius 2 is 2.07 bits per heavy atom. The fourth-order valence-corrected chi connectivity index (χ4v) is 4.68. The molecule has 3 heterocycles. The number of benzene rings is 2. The van der Waals surface area contributed by atoms with Crippen molar-refractivity contribution in [1.29, 1.82) is 0 Å². The van der Waals surface area contributed by atoms with Crippen molar-refractivity contribution < 1.29 is 19.0 Å². The normalized spacial score (nSPS) is 25.3. The third-order valence-corrected chi connectivity index (χ3v) is 5.90. The number of para-hydroxylation sites is 1. The molecule has 0 radical (unpaired) electrons. The summed E-state index contributed by atoms with van der Waals surface area (Å²) in [6.45, 7) is 5.70. The predicted molar refractivity (Wildman–Crippen MR) is 106 cm³/mol. The van der Waals surface area contributed by atoms with Gasteiger partial charge in [0.15, 0.2) is 0 Å². The van der Waals surface area contributed by atoms with Gasteiger partial charge in [-0.2, -0.15) is 0 Å². The molecule has 1 saturated heterocycles. The van der Waals surface area contributed by atoms with Crippen LogP contribution in [0.5, 0.6) is 11.5 Å². The van der Waals surface area contributed by atoms with Gasteiger partial charge in [0, 0.05) is 23.9 Å². The quantitative estimate of drug-likeness (QED) is 0.813. The fourth-order valence-electron chi connectivity index (χ4n) is 4.68. The average molecular weight is 379 g/mol. The van der Waals surface area contributed by atoms with Gasteiger partial charge in [-0.05, 0) is 44.4 Å². The summed E-state index contributed by atoms with van der Waals surface area (Å²) in [5.41, 5.74) is 2.15. The van der Waals surface area contributed by atoms with Crippen LogP contribution in [0.2, 0.25) is 0 Å². The molecule has 1 unspecified atom stereocenters. The largest absolute Gasteiger partial charge is 0.491 e. The topological polar surface area (TPSA) is 48.0 Å². The number of rotatable bonds is 4. The van der Waals surface area contributed by atoms with Crippen molar-refractivity contribution in [2.75, 3.05) is 24.7 Å². The summed E-state index contributed by atoms with van der Waals surface area (Å²) in [5.74, 6) is 1.58. The molecule has 2 aromatic carbocycles. The van der Waals surface area contributed by atoms with Gasteiger partial charge in [0.25, 0.3) is 0 Å². The Morgan fingerprint density at radius 3 is 2.86 bits per heavy atom. The Labute approximate surface area is 165 Å². The van der Waals surface area contributed by atoms with Crippen molar-refractivity contribution in [3.05, 3.63) is 53.6 Å². The minimum absolute atomic E-state index is 0.0838. The summed E-state index contributed by atoms with van der Waals surface area (Å²) < 4.78 is 17.7. The number of nitrogens with zero attached hydrogens (tertiary/aromatic N) is 1. The van der Waals surface area contributed by atoms with Crippen LogP contribution >= 0.6 is 0 Å². The monoisotopic (exact) mass is 379 g/mol. The van der Waals surface area contributed by atoms with E-state index in [9.17, 15) is 4.79 Å². The smallest absolute Gasteiger partial charge is 0.245 e. The lowest BCUT2D eigenvalue weighted by atomic mass is 9.77. The highest BCUT2D eigenvalue weighted by atomic mass is 16.5. The molecule has 3 aliphatic rings. The Balaban J connectivity index is 1.56. The van der Waals surface area contributed by atoms with E-state index in [0.717, 1.165) is 47.8 Å². The van der Waals surface area contributed by atoms with E-state index in [1.165, 1.54) is 0 Å². The second-order valence-corrected chi connectivity index (χ2v) is 8.09. The predicted octanol–water partition coefficient (Wildman–Crippen LogP) is 3.68. The molecule has 2 aromatic rings. The molecule has 0 aliphatic carbocycles. The highest BCUT2D eigenvalue weighted by molar-refractivity contribution is 6.11. The highest BCUT2D eigenvalue weighted by Gasteiger charge is 2.57. The van der Waals surface area contributed by atoms with Gasteiger partial charge in [-0.1, -0.05) is 24.3 Å². The molecule has 5 heteroatoms. The maximum atomic E-state index is 13.8. The van der Waals surface area contributed by atoms with Crippen molar-refractivity contribution in [2.24, 2.45) is 0 Å². The van der Waals surface area contributed by atoms with E-state index in [4.69, 9.17) is 14.2 Å². The first-order chi connectivity index (χ1) is 13.6. The maximum absolute atomic E-state index is 13.8. The van der Waals surface area contributed by atoms with E-state index >= 15 is 0 Å². The van der Waals surface area contributed by atoms with Crippen molar-refractivity contribution in [1.82, 2.24) is 0 Å². The summed E-state index contributed by atoms with van der Waals surface area (Å²) >= 11 is 0. The lowest BCUT2D eigenvalue weighted by molar-refractivity contribution is -0.122. The number of carbonyl (C=O) groups excluding carboxylic acids is 1. The molecule has 1 spiro atoms. The third-order valence-electron chi connectivity index (χ3n) is 5.90. The first-order valence-electron chi connectivity index (χ1n) is 10.1. The molecular formula is C23H25NO4. The second kappa shape index (κ2) is 6.52. The summed E-state index contributed by atoms with van der Waals surface area (Å²) in [4.78, 5) is 15.7. The van der Waals surface area contributed by atoms with Crippen LogP contribution in [0.3, 0.4) is 0 Å². The molecule has 2 atom stereocenters. The van der Waals surface area contributed by atoms with Crippen LogP contribution in [-0.4, -0.2) is 37.9 Å². The minimum Gasteiger partial charge on any atom is -0.491 e. The van der Waals surface area contributed by atoms with E-state index in [0.29, 0.717) is 13.2 Å². The fraction of sp³-hybridized carbons (Fsp3) is 0.435. The van der Waals surface area contributed by atoms with E-state index in [-0.39, 0.29) is 18.1 Å². The van der Waals surface area contributed by atoms with Gasteiger partial charge in [-0.25, -0.2) is 0 Å². The highest BCUT2D eigenvalue weighted by Crippen LogP contribution is 2.53. The zero-order chi connectivity index (χ0) is 19.3. The molecule has 1 amide bonds. The summed E-state index contributed by atoms with van der Waals surface area (Å²) in [6, 6.07) is 13.9. The summed E-state index contributed by atoms with van der Waals surface area (Å²) in [5, 5.41) is 0. The Kier molecular flexibility index (Phi) is 4.09. The zero-order valence-electron chi connectivity index (χ0n) is 16.3. The molecule has 146 valence electrons. The lowest BCUT2D eigenvalue weighted by Crippen LogP contribution is -2.44. The zero-order valence-corrected chi connectivity index (χ0v) is 16.3. The standard InChI is InChI=1S/C23H25NO4/c1-15(2)28-16-9-10-19-21(12-16)27-14-23(19)18-7-3-4-8-20(18)24(22(23)25)13-17-6-5-11-26-17/h3-4,7-10,12,15,17H,5-6,11,13-14H2,1-2H3/t17-,23?/m1/s1. The van der Waals surface area contributed by atoms with E-state index in [1.807, 2.05) is 55.1 Å². The second-order valence-electron chi connectivity index (χ2n) is 8.09. The third kappa shape index (κ3) is 2.53. The lowest BCUT2D eigenvalue weighted by Gasteiger charge is -2.25. The summed E-state index contributed by atoms with van der Waals surface area (Å²) in [7, 11) is 0. The molecule has 3 aliphatic heterocycles. The van der Waals surface area contributed by atoms with Crippen LogP contribution in [0.1, 0.15) is 37.8 Å². The molecule has 1 fully saturated rings. The molecule has 28 heavy (non-hydrogen) atoms. The average Bonchev–Trinajstić information content (AvgIpc) is 3.38.